The Morgan fingerprint density at radius 2 is 2.12 bits per heavy atom. The third-order valence-corrected chi connectivity index (χ3v) is 4.41. The van der Waals surface area contributed by atoms with E-state index in [1.54, 1.807) is 18.6 Å². The normalized spacial score (nSPS) is 14.1. The Hall–Kier alpha value is -3.35. The zero-order valence-corrected chi connectivity index (χ0v) is 13.3. The lowest BCUT2D eigenvalue weighted by atomic mass is 10.2. The third kappa shape index (κ3) is 2.40. The Labute approximate surface area is 142 Å². The number of hydrogen-bond donors (Lipinski definition) is 1. The van der Waals surface area contributed by atoms with Crippen molar-refractivity contribution in [3.05, 3.63) is 54.4 Å². The zero-order valence-electron chi connectivity index (χ0n) is 13.3. The highest BCUT2D eigenvalue weighted by atomic mass is 16.1. The molecule has 0 saturated heterocycles. The molecule has 5 rings (SSSR count). The maximum absolute atomic E-state index is 10.9. The van der Waals surface area contributed by atoms with Crippen LogP contribution >= 0.6 is 0 Å². The minimum absolute atomic E-state index is 0.530. The molecule has 0 unspecified atom stereocenters. The summed E-state index contributed by atoms with van der Waals surface area (Å²) in [4.78, 5) is 24.2. The Morgan fingerprint density at radius 1 is 1.20 bits per heavy atom. The molecular weight excluding hydrogens is 316 g/mol. The van der Waals surface area contributed by atoms with Gasteiger partial charge in [-0.1, -0.05) is 0 Å². The van der Waals surface area contributed by atoms with Gasteiger partial charge >= 0.3 is 0 Å². The average Bonchev–Trinajstić information content (AvgIpc) is 3.24. The van der Waals surface area contributed by atoms with Gasteiger partial charge in [-0.25, -0.2) is 9.97 Å². The summed E-state index contributed by atoms with van der Waals surface area (Å²) in [7, 11) is 0. The van der Waals surface area contributed by atoms with E-state index in [2.05, 4.69) is 25.1 Å². The highest BCUT2D eigenvalue weighted by molar-refractivity contribution is 5.85. The van der Waals surface area contributed by atoms with Crippen LogP contribution in [0.5, 0.6) is 0 Å². The number of rotatable bonds is 4. The van der Waals surface area contributed by atoms with Crippen LogP contribution in [0.1, 0.15) is 34.9 Å². The molecule has 0 amide bonds. The maximum atomic E-state index is 10.9. The van der Waals surface area contributed by atoms with Gasteiger partial charge in [0, 0.05) is 41.0 Å². The van der Waals surface area contributed by atoms with E-state index < -0.39 is 0 Å². The van der Waals surface area contributed by atoms with E-state index >= 15 is 0 Å². The summed E-state index contributed by atoms with van der Waals surface area (Å²) in [6.07, 6.45) is 10.2. The number of pyridine rings is 2. The molecule has 1 aliphatic carbocycles. The van der Waals surface area contributed by atoms with Crippen LogP contribution in [0.2, 0.25) is 0 Å². The van der Waals surface area contributed by atoms with Gasteiger partial charge in [0.25, 0.3) is 0 Å². The molecule has 1 aliphatic rings. The molecule has 4 aromatic rings. The molecule has 122 valence electrons. The predicted octanol–water partition coefficient (Wildman–Crippen LogP) is 2.90. The summed E-state index contributed by atoms with van der Waals surface area (Å²) in [6, 6.07) is 5.74. The van der Waals surface area contributed by atoms with Crippen molar-refractivity contribution in [1.82, 2.24) is 29.7 Å². The fourth-order valence-electron chi connectivity index (χ4n) is 2.94. The molecule has 25 heavy (non-hydrogen) atoms. The molecule has 0 bridgehead atoms. The van der Waals surface area contributed by atoms with E-state index in [1.807, 2.05) is 29.0 Å². The Kier molecular flexibility index (Phi) is 3.00. The van der Waals surface area contributed by atoms with Crippen molar-refractivity contribution >= 4 is 17.3 Å². The third-order valence-electron chi connectivity index (χ3n) is 4.41. The zero-order chi connectivity index (χ0) is 16.8. The van der Waals surface area contributed by atoms with Gasteiger partial charge in [0.05, 0.1) is 11.9 Å². The second-order valence-corrected chi connectivity index (χ2v) is 6.24. The smallest absolute Gasteiger partial charge is 0.182 e. The number of aldehydes is 1. The first-order valence-electron chi connectivity index (χ1n) is 8.12. The van der Waals surface area contributed by atoms with Crippen LogP contribution in [0.15, 0.2) is 43.0 Å². The molecule has 7 nitrogen and oxygen atoms in total. The van der Waals surface area contributed by atoms with Gasteiger partial charge in [0.15, 0.2) is 12.1 Å². The fourth-order valence-corrected chi connectivity index (χ4v) is 2.94. The van der Waals surface area contributed by atoms with Gasteiger partial charge in [0.1, 0.15) is 11.5 Å². The number of nitrogens with one attached hydrogen (secondary N) is 1. The van der Waals surface area contributed by atoms with Crippen LogP contribution in [0, 0.1) is 0 Å². The van der Waals surface area contributed by atoms with Crippen LogP contribution < -0.4 is 0 Å². The Morgan fingerprint density at radius 3 is 2.96 bits per heavy atom. The van der Waals surface area contributed by atoms with Crippen LogP contribution in [-0.2, 0) is 0 Å². The fraction of sp³-hybridized carbons (Fsp3) is 0.167. The number of fused-ring (bicyclic) bond motifs is 1. The van der Waals surface area contributed by atoms with E-state index in [-0.39, 0.29) is 0 Å². The summed E-state index contributed by atoms with van der Waals surface area (Å²) in [5.41, 5.74) is 3.06. The molecular formula is C18H14N6O. The van der Waals surface area contributed by atoms with Gasteiger partial charge in [-0.05, 0) is 31.0 Å². The van der Waals surface area contributed by atoms with Crippen molar-refractivity contribution in [3.63, 3.8) is 0 Å². The molecule has 0 radical (unpaired) electrons. The topological polar surface area (TPSA) is 89.4 Å². The molecule has 0 atom stereocenters. The highest BCUT2D eigenvalue weighted by Crippen LogP contribution is 2.38. The summed E-state index contributed by atoms with van der Waals surface area (Å²) in [5, 5.41) is 8.24. The average molecular weight is 330 g/mol. The first kappa shape index (κ1) is 14.0. The van der Waals surface area contributed by atoms with Gasteiger partial charge in [0.2, 0.25) is 0 Å². The monoisotopic (exact) mass is 330 g/mol. The van der Waals surface area contributed by atoms with E-state index in [0.717, 1.165) is 34.4 Å². The summed E-state index contributed by atoms with van der Waals surface area (Å²) in [6.45, 7) is 0. The van der Waals surface area contributed by atoms with Crippen LogP contribution in [0.4, 0.5) is 0 Å². The summed E-state index contributed by atoms with van der Waals surface area (Å²) in [5.74, 6) is 2.14. The molecule has 0 aliphatic heterocycles. The standard InChI is InChI=1S/C18H14N6O/c25-10-11-5-13-3-4-24(18(13)20-7-11)15-6-14(8-19-9-15)17-21-16(22-23-17)12-1-2-12/h3-10,12H,1-2H2,(H,21,22,23). The first-order valence-corrected chi connectivity index (χ1v) is 8.12. The van der Waals surface area contributed by atoms with Crippen LogP contribution in [0.25, 0.3) is 28.1 Å². The van der Waals surface area contributed by atoms with Crippen LogP contribution in [0.3, 0.4) is 0 Å². The number of carbonyl (C=O) groups is 1. The molecule has 1 fully saturated rings. The lowest BCUT2D eigenvalue weighted by Crippen LogP contribution is -1.96. The van der Waals surface area contributed by atoms with Crippen molar-refractivity contribution in [3.8, 4) is 17.1 Å². The minimum atomic E-state index is 0.530. The predicted molar refractivity (Wildman–Crippen MR) is 91.6 cm³/mol. The lowest BCUT2D eigenvalue weighted by molar-refractivity contribution is 0.112. The Bertz CT molecular complexity index is 1090. The van der Waals surface area contributed by atoms with Gasteiger partial charge in [-0.2, -0.15) is 5.10 Å². The van der Waals surface area contributed by atoms with E-state index in [0.29, 0.717) is 17.3 Å². The number of aromatic nitrogens is 6. The number of nitrogens with zero attached hydrogens (tertiary/aromatic N) is 5. The lowest BCUT2D eigenvalue weighted by Gasteiger charge is -2.05. The van der Waals surface area contributed by atoms with Crippen LogP contribution in [-0.4, -0.2) is 36.0 Å². The second kappa shape index (κ2) is 5.34. The van der Waals surface area contributed by atoms with Gasteiger partial charge in [-0.3, -0.25) is 19.4 Å². The van der Waals surface area contributed by atoms with Crippen molar-refractivity contribution in [2.75, 3.05) is 0 Å². The summed E-state index contributed by atoms with van der Waals surface area (Å²) < 4.78 is 1.94. The second-order valence-electron chi connectivity index (χ2n) is 6.24. The first-order chi connectivity index (χ1) is 12.3. The van der Waals surface area contributed by atoms with E-state index in [4.69, 9.17) is 0 Å². The molecule has 1 N–H and O–H groups in total. The Balaban J connectivity index is 1.57. The molecule has 4 aromatic heterocycles. The number of H-pyrrole nitrogens is 1. The quantitative estimate of drug-likeness (QED) is 0.581. The minimum Gasteiger partial charge on any atom is -0.300 e. The number of hydrogen-bond acceptors (Lipinski definition) is 5. The summed E-state index contributed by atoms with van der Waals surface area (Å²) >= 11 is 0. The van der Waals surface area contributed by atoms with Gasteiger partial charge < -0.3 is 0 Å². The molecule has 7 heteroatoms. The van der Waals surface area contributed by atoms with Crippen molar-refractivity contribution < 1.29 is 4.79 Å². The van der Waals surface area contributed by atoms with Crippen molar-refractivity contribution in [1.29, 1.82) is 0 Å². The van der Waals surface area contributed by atoms with E-state index in [9.17, 15) is 4.79 Å². The SMILES string of the molecule is O=Cc1cnc2c(ccn2-c2cncc(-c3n[nH]c(C4CC4)n3)c2)c1. The number of carbonyl (C=O) groups excluding carboxylic acids is 1. The van der Waals surface area contributed by atoms with Crippen molar-refractivity contribution in [2.24, 2.45) is 0 Å². The molecule has 4 heterocycles. The molecule has 0 spiro atoms. The van der Waals surface area contributed by atoms with E-state index in [1.165, 1.54) is 12.8 Å². The number of aromatic amines is 1. The van der Waals surface area contributed by atoms with Crippen molar-refractivity contribution in [2.45, 2.75) is 18.8 Å². The maximum Gasteiger partial charge on any atom is 0.182 e. The highest BCUT2D eigenvalue weighted by Gasteiger charge is 2.27. The molecule has 1 saturated carbocycles. The largest absolute Gasteiger partial charge is 0.300 e. The van der Waals surface area contributed by atoms with Gasteiger partial charge in [-0.15, -0.1) is 0 Å². The molecule has 0 aromatic carbocycles.